The SMILES string of the molecule is CC(=O)c1ccccc1.Cc1csc(C(=O)C(C)(C)N2CCOCC2)c1. The van der Waals surface area contributed by atoms with E-state index in [1.54, 1.807) is 18.3 Å². The van der Waals surface area contributed by atoms with Gasteiger partial charge in [-0.15, -0.1) is 11.3 Å². The molecule has 2 aromatic rings. The number of hydrogen-bond donors (Lipinski definition) is 0. The minimum atomic E-state index is -0.429. The Morgan fingerprint density at radius 2 is 1.73 bits per heavy atom. The molecule has 0 saturated carbocycles. The molecule has 0 aliphatic carbocycles. The van der Waals surface area contributed by atoms with Gasteiger partial charge in [-0.2, -0.15) is 0 Å². The second-order valence-electron chi connectivity index (χ2n) is 6.90. The molecule has 26 heavy (non-hydrogen) atoms. The zero-order valence-electron chi connectivity index (χ0n) is 16.0. The molecular weight excluding hydrogens is 346 g/mol. The Morgan fingerprint density at radius 3 is 2.19 bits per heavy atom. The van der Waals surface area contributed by atoms with E-state index in [4.69, 9.17) is 4.74 Å². The fraction of sp³-hybridized carbons (Fsp3) is 0.429. The summed E-state index contributed by atoms with van der Waals surface area (Å²) in [5.41, 5.74) is 1.51. The lowest BCUT2D eigenvalue weighted by molar-refractivity contribution is -0.00414. The molecular formula is C21H27NO3S. The van der Waals surface area contributed by atoms with Gasteiger partial charge >= 0.3 is 0 Å². The first-order chi connectivity index (χ1) is 12.3. The summed E-state index contributed by atoms with van der Waals surface area (Å²) in [6.07, 6.45) is 0. The van der Waals surface area contributed by atoms with Crippen LogP contribution in [0.4, 0.5) is 0 Å². The molecule has 1 saturated heterocycles. The van der Waals surface area contributed by atoms with E-state index in [0.717, 1.165) is 42.3 Å². The van der Waals surface area contributed by atoms with E-state index in [-0.39, 0.29) is 11.6 Å². The van der Waals surface area contributed by atoms with Gasteiger partial charge in [0.25, 0.3) is 0 Å². The maximum Gasteiger partial charge on any atom is 0.192 e. The fourth-order valence-corrected chi connectivity index (χ4v) is 3.78. The van der Waals surface area contributed by atoms with Gasteiger partial charge in [0.15, 0.2) is 11.6 Å². The average molecular weight is 374 g/mol. The van der Waals surface area contributed by atoms with Crippen molar-refractivity contribution in [3.05, 3.63) is 57.8 Å². The van der Waals surface area contributed by atoms with Gasteiger partial charge in [-0.1, -0.05) is 30.3 Å². The first kappa shape index (κ1) is 20.5. The van der Waals surface area contributed by atoms with Crippen molar-refractivity contribution in [2.45, 2.75) is 33.2 Å². The minimum absolute atomic E-state index is 0.121. The van der Waals surface area contributed by atoms with Crippen LogP contribution in [0.1, 0.15) is 46.4 Å². The number of thiophene rings is 1. The highest BCUT2D eigenvalue weighted by molar-refractivity contribution is 7.12. The van der Waals surface area contributed by atoms with Gasteiger partial charge in [-0.25, -0.2) is 0 Å². The van der Waals surface area contributed by atoms with Gasteiger partial charge in [-0.05, 0) is 44.7 Å². The fourth-order valence-electron chi connectivity index (χ4n) is 2.79. The van der Waals surface area contributed by atoms with Crippen LogP contribution in [0.2, 0.25) is 0 Å². The van der Waals surface area contributed by atoms with E-state index in [1.807, 2.05) is 62.5 Å². The maximum absolute atomic E-state index is 12.5. The highest BCUT2D eigenvalue weighted by atomic mass is 32.1. The van der Waals surface area contributed by atoms with Crippen molar-refractivity contribution >= 4 is 22.9 Å². The van der Waals surface area contributed by atoms with Gasteiger partial charge in [-0.3, -0.25) is 14.5 Å². The predicted octanol–water partition coefficient (Wildman–Crippen LogP) is 4.24. The number of carbonyl (C=O) groups is 2. The van der Waals surface area contributed by atoms with Crippen LogP contribution >= 0.6 is 11.3 Å². The van der Waals surface area contributed by atoms with Crippen LogP contribution in [0.5, 0.6) is 0 Å². The van der Waals surface area contributed by atoms with Crippen LogP contribution in [-0.2, 0) is 4.74 Å². The lowest BCUT2D eigenvalue weighted by Crippen LogP contribution is -2.54. The summed E-state index contributed by atoms with van der Waals surface area (Å²) in [5.74, 6) is 0.341. The minimum Gasteiger partial charge on any atom is -0.379 e. The zero-order chi connectivity index (χ0) is 19.2. The highest BCUT2D eigenvalue weighted by Crippen LogP contribution is 2.25. The van der Waals surface area contributed by atoms with Crippen molar-refractivity contribution < 1.29 is 14.3 Å². The molecule has 0 atom stereocenters. The van der Waals surface area contributed by atoms with Gasteiger partial charge < -0.3 is 4.74 Å². The van der Waals surface area contributed by atoms with Gasteiger partial charge in [0, 0.05) is 18.7 Å². The van der Waals surface area contributed by atoms with Crippen molar-refractivity contribution in [2.75, 3.05) is 26.3 Å². The number of benzene rings is 1. The third kappa shape index (κ3) is 5.34. The molecule has 140 valence electrons. The molecule has 1 aliphatic heterocycles. The van der Waals surface area contributed by atoms with Crippen molar-refractivity contribution in [1.29, 1.82) is 0 Å². The number of morpholine rings is 1. The van der Waals surface area contributed by atoms with Crippen LogP contribution in [-0.4, -0.2) is 48.3 Å². The smallest absolute Gasteiger partial charge is 0.192 e. The number of ketones is 2. The van der Waals surface area contributed by atoms with Gasteiger partial charge in [0.2, 0.25) is 0 Å². The van der Waals surface area contributed by atoms with E-state index >= 15 is 0 Å². The molecule has 0 spiro atoms. The normalized spacial score (nSPS) is 15.1. The summed E-state index contributed by atoms with van der Waals surface area (Å²) in [5, 5.41) is 2.03. The van der Waals surface area contributed by atoms with Crippen LogP contribution < -0.4 is 0 Å². The van der Waals surface area contributed by atoms with Crippen molar-refractivity contribution in [2.24, 2.45) is 0 Å². The second kappa shape index (κ2) is 9.21. The Hall–Kier alpha value is -1.82. The molecule has 0 unspecified atom stereocenters. The number of carbonyl (C=O) groups excluding carboxylic acids is 2. The largest absolute Gasteiger partial charge is 0.379 e. The molecule has 1 aromatic carbocycles. The Kier molecular flexibility index (Phi) is 7.26. The molecule has 3 rings (SSSR count). The average Bonchev–Trinajstić information content (AvgIpc) is 3.09. The summed E-state index contributed by atoms with van der Waals surface area (Å²) in [7, 11) is 0. The summed E-state index contributed by atoms with van der Waals surface area (Å²) in [4.78, 5) is 26.2. The van der Waals surface area contributed by atoms with Crippen LogP contribution in [0.15, 0.2) is 41.8 Å². The third-order valence-corrected chi connectivity index (χ3v) is 5.54. The summed E-state index contributed by atoms with van der Waals surface area (Å²) in [6.45, 7) is 10.7. The Morgan fingerprint density at radius 1 is 1.12 bits per heavy atom. The zero-order valence-corrected chi connectivity index (χ0v) is 16.8. The third-order valence-electron chi connectivity index (χ3n) is 4.49. The van der Waals surface area contributed by atoms with E-state index in [1.165, 1.54) is 0 Å². The van der Waals surface area contributed by atoms with Crippen molar-refractivity contribution in [3.8, 4) is 0 Å². The molecule has 0 bridgehead atoms. The standard InChI is InChI=1S/C13H19NO2S.C8H8O/c1-10-8-11(17-9-10)12(15)13(2,3)14-4-6-16-7-5-14;1-7(9)8-5-3-2-4-6-8/h8-9H,4-7H2,1-3H3;2-6H,1H3. The first-order valence-corrected chi connectivity index (χ1v) is 9.69. The Labute approximate surface area is 159 Å². The predicted molar refractivity (Wildman–Crippen MR) is 106 cm³/mol. The van der Waals surface area contributed by atoms with E-state index in [0.29, 0.717) is 0 Å². The van der Waals surface area contributed by atoms with E-state index in [9.17, 15) is 9.59 Å². The number of ether oxygens (including phenoxy) is 1. The monoisotopic (exact) mass is 373 g/mol. The number of Topliss-reactive ketones (excluding diaryl/α,β-unsaturated/α-hetero) is 2. The van der Waals surface area contributed by atoms with Gasteiger partial charge in [0.05, 0.1) is 23.6 Å². The highest BCUT2D eigenvalue weighted by Gasteiger charge is 2.36. The van der Waals surface area contributed by atoms with Crippen molar-refractivity contribution in [1.82, 2.24) is 4.90 Å². The van der Waals surface area contributed by atoms with E-state index < -0.39 is 5.54 Å². The quantitative estimate of drug-likeness (QED) is 0.752. The van der Waals surface area contributed by atoms with Crippen molar-refractivity contribution in [3.63, 3.8) is 0 Å². The maximum atomic E-state index is 12.5. The lowest BCUT2D eigenvalue weighted by Gasteiger charge is -2.39. The summed E-state index contributed by atoms with van der Waals surface area (Å²) in [6, 6.07) is 11.2. The lowest BCUT2D eigenvalue weighted by atomic mass is 9.94. The number of aryl methyl sites for hydroxylation is 1. The summed E-state index contributed by atoms with van der Waals surface area (Å²) < 4.78 is 5.33. The molecule has 1 aliphatic rings. The van der Waals surface area contributed by atoms with Crippen LogP contribution in [0.25, 0.3) is 0 Å². The van der Waals surface area contributed by atoms with E-state index in [2.05, 4.69) is 4.90 Å². The molecule has 0 radical (unpaired) electrons. The number of hydrogen-bond acceptors (Lipinski definition) is 5. The molecule has 2 heterocycles. The van der Waals surface area contributed by atoms with Crippen LogP contribution in [0.3, 0.4) is 0 Å². The summed E-state index contributed by atoms with van der Waals surface area (Å²) >= 11 is 1.54. The second-order valence-corrected chi connectivity index (χ2v) is 7.81. The molecule has 5 heteroatoms. The number of nitrogens with zero attached hydrogens (tertiary/aromatic N) is 1. The molecule has 1 fully saturated rings. The van der Waals surface area contributed by atoms with Crippen LogP contribution in [0, 0.1) is 6.92 Å². The Bertz CT molecular complexity index is 731. The molecule has 1 aromatic heterocycles. The molecule has 4 nitrogen and oxygen atoms in total. The first-order valence-electron chi connectivity index (χ1n) is 8.81. The topological polar surface area (TPSA) is 46.6 Å². The van der Waals surface area contributed by atoms with Gasteiger partial charge in [0.1, 0.15) is 0 Å². The molecule has 0 amide bonds. The Balaban J connectivity index is 0.000000228. The number of rotatable bonds is 4. The molecule has 0 N–H and O–H groups in total.